The molecule has 1 heterocycles. The molecule has 70 valence electrons. The van der Waals surface area contributed by atoms with Crippen LogP contribution in [0.4, 0.5) is 0 Å². The van der Waals surface area contributed by atoms with Crippen LogP contribution < -0.4 is 0 Å². The van der Waals surface area contributed by atoms with Crippen LogP contribution in [0.5, 0.6) is 0 Å². The Morgan fingerprint density at radius 3 is 3.08 bits per heavy atom. The standard InChI is InChI=1S/C7H14N2O3/c1-7-6-12-5-4-8(7)2-3-9(10)11/h7H,2-6H2,1H3. The normalized spacial score (nSPS) is 25.6. The second-order valence-corrected chi connectivity index (χ2v) is 3.02. The van der Waals surface area contributed by atoms with Crippen LogP contribution in [0.1, 0.15) is 6.92 Å². The summed E-state index contributed by atoms with van der Waals surface area (Å²) >= 11 is 0. The zero-order valence-electron chi connectivity index (χ0n) is 7.23. The van der Waals surface area contributed by atoms with E-state index in [9.17, 15) is 10.1 Å². The first-order valence-electron chi connectivity index (χ1n) is 4.13. The number of hydrogen-bond donors (Lipinski definition) is 0. The van der Waals surface area contributed by atoms with Gasteiger partial charge in [-0.2, -0.15) is 0 Å². The summed E-state index contributed by atoms with van der Waals surface area (Å²) in [6.45, 7) is 4.80. The molecule has 0 radical (unpaired) electrons. The second kappa shape index (κ2) is 4.37. The van der Waals surface area contributed by atoms with E-state index in [2.05, 4.69) is 4.90 Å². The Kier molecular flexibility index (Phi) is 3.43. The van der Waals surface area contributed by atoms with Crippen LogP contribution in [-0.4, -0.2) is 48.7 Å². The largest absolute Gasteiger partial charge is 0.379 e. The molecule has 1 saturated heterocycles. The Labute approximate surface area is 71.4 Å². The highest BCUT2D eigenvalue weighted by Gasteiger charge is 2.19. The molecule has 1 atom stereocenters. The first-order valence-corrected chi connectivity index (χ1v) is 4.13. The SMILES string of the molecule is CC1COCCN1CC[N+](=O)[O-]. The molecule has 0 aromatic rings. The van der Waals surface area contributed by atoms with Crippen LogP contribution in [0.25, 0.3) is 0 Å². The van der Waals surface area contributed by atoms with Crippen LogP contribution in [-0.2, 0) is 4.74 Å². The van der Waals surface area contributed by atoms with Crippen molar-refractivity contribution in [3.8, 4) is 0 Å². The van der Waals surface area contributed by atoms with Gasteiger partial charge in [0.1, 0.15) is 0 Å². The summed E-state index contributed by atoms with van der Waals surface area (Å²) in [5, 5.41) is 10.1. The third-order valence-electron chi connectivity index (χ3n) is 2.08. The number of rotatable bonds is 3. The van der Waals surface area contributed by atoms with Crippen molar-refractivity contribution in [3.63, 3.8) is 0 Å². The fourth-order valence-electron chi connectivity index (χ4n) is 1.30. The Morgan fingerprint density at radius 2 is 2.50 bits per heavy atom. The van der Waals surface area contributed by atoms with Gasteiger partial charge in [0.05, 0.1) is 19.8 Å². The third-order valence-corrected chi connectivity index (χ3v) is 2.08. The summed E-state index contributed by atoms with van der Waals surface area (Å²) in [7, 11) is 0. The molecule has 5 nitrogen and oxygen atoms in total. The molecular weight excluding hydrogens is 160 g/mol. The van der Waals surface area contributed by atoms with Crippen molar-refractivity contribution in [3.05, 3.63) is 10.1 Å². The number of ether oxygens (including phenoxy) is 1. The molecular formula is C7H14N2O3. The third kappa shape index (κ3) is 2.75. The Balaban J connectivity index is 2.24. The van der Waals surface area contributed by atoms with Crippen molar-refractivity contribution >= 4 is 0 Å². The summed E-state index contributed by atoms with van der Waals surface area (Å²) in [6.07, 6.45) is 0. The summed E-state index contributed by atoms with van der Waals surface area (Å²) in [5.74, 6) is 0. The van der Waals surface area contributed by atoms with Crippen LogP contribution in [0.15, 0.2) is 0 Å². The maximum absolute atomic E-state index is 10.1. The van der Waals surface area contributed by atoms with Gasteiger partial charge in [-0.05, 0) is 6.92 Å². The van der Waals surface area contributed by atoms with Gasteiger partial charge in [0, 0.05) is 17.5 Å². The van der Waals surface area contributed by atoms with Crippen molar-refractivity contribution in [2.75, 3.05) is 32.8 Å². The molecule has 0 saturated carbocycles. The lowest BCUT2D eigenvalue weighted by atomic mass is 10.2. The maximum Gasteiger partial charge on any atom is 0.216 e. The predicted octanol–water partition coefficient (Wildman–Crippen LogP) is -0.0162. The molecule has 1 rings (SSSR count). The molecule has 0 amide bonds. The number of nitro groups is 1. The Bertz CT molecular complexity index is 163. The van der Waals surface area contributed by atoms with Crippen LogP contribution in [0.3, 0.4) is 0 Å². The molecule has 5 heteroatoms. The highest BCUT2D eigenvalue weighted by Crippen LogP contribution is 2.04. The van der Waals surface area contributed by atoms with Gasteiger partial charge in [0.25, 0.3) is 0 Å². The quantitative estimate of drug-likeness (QED) is 0.446. The summed E-state index contributed by atoms with van der Waals surface area (Å²) in [5.41, 5.74) is 0. The maximum atomic E-state index is 10.1. The van der Waals surface area contributed by atoms with E-state index in [1.54, 1.807) is 0 Å². The lowest BCUT2D eigenvalue weighted by Crippen LogP contribution is -2.45. The fraction of sp³-hybridized carbons (Fsp3) is 1.00. The molecule has 0 N–H and O–H groups in total. The van der Waals surface area contributed by atoms with Crippen molar-refractivity contribution in [1.29, 1.82) is 0 Å². The molecule has 0 aromatic heterocycles. The fourth-order valence-corrected chi connectivity index (χ4v) is 1.30. The summed E-state index contributed by atoms with van der Waals surface area (Å²) < 4.78 is 5.21. The lowest BCUT2D eigenvalue weighted by molar-refractivity contribution is -0.480. The smallest absolute Gasteiger partial charge is 0.216 e. The van der Waals surface area contributed by atoms with Crippen molar-refractivity contribution in [2.45, 2.75) is 13.0 Å². The lowest BCUT2D eigenvalue weighted by Gasteiger charge is -2.31. The van der Waals surface area contributed by atoms with Gasteiger partial charge < -0.3 is 4.74 Å². The minimum Gasteiger partial charge on any atom is -0.379 e. The highest BCUT2D eigenvalue weighted by molar-refractivity contribution is 4.69. The van der Waals surface area contributed by atoms with Crippen LogP contribution in [0, 0.1) is 10.1 Å². The average molecular weight is 174 g/mol. The van der Waals surface area contributed by atoms with E-state index in [1.807, 2.05) is 6.92 Å². The Morgan fingerprint density at radius 1 is 1.75 bits per heavy atom. The van der Waals surface area contributed by atoms with Gasteiger partial charge in [-0.15, -0.1) is 0 Å². The molecule has 1 unspecified atom stereocenters. The zero-order chi connectivity index (χ0) is 8.97. The molecule has 12 heavy (non-hydrogen) atoms. The molecule has 0 spiro atoms. The van der Waals surface area contributed by atoms with Crippen molar-refractivity contribution < 1.29 is 9.66 Å². The average Bonchev–Trinajstić information content (AvgIpc) is 2.03. The number of hydrogen-bond acceptors (Lipinski definition) is 4. The minimum atomic E-state index is -0.276. The highest BCUT2D eigenvalue weighted by atomic mass is 16.6. The van der Waals surface area contributed by atoms with Gasteiger partial charge in [-0.1, -0.05) is 0 Å². The number of morpholine rings is 1. The zero-order valence-corrected chi connectivity index (χ0v) is 7.23. The molecule has 1 aliphatic heterocycles. The first-order chi connectivity index (χ1) is 5.70. The molecule has 1 fully saturated rings. The molecule has 0 aliphatic carbocycles. The minimum absolute atomic E-state index is 0.0321. The van der Waals surface area contributed by atoms with E-state index in [-0.39, 0.29) is 11.5 Å². The van der Waals surface area contributed by atoms with Gasteiger partial charge in [0.15, 0.2) is 0 Å². The van der Waals surface area contributed by atoms with Gasteiger partial charge in [-0.25, -0.2) is 0 Å². The van der Waals surface area contributed by atoms with E-state index < -0.39 is 0 Å². The van der Waals surface area contributed by atoms with E-state index in [0.29, 0.717) is 25.8 Å². The molecule has 1 aliphatic rings. The predicted molar refractivity (Wildman–Crippen MR) is 43.7 cm³/mol. The molecule has 0 aromatic carbocycles. The van der Waals surface area contributed by atoms with Gasteiger partial charge in [-0.3, -0.25) is 15.0 Å². The van der Waals surface area contributed by atoms with E-state index in [1.165, 1.54) is 0 Å². The monoisotopic (exact) mass is 174 g/mol. The van der Waals surface area contributed by atoms with Crippen molar-refractivity contribution in [1.82, 2.24) is 4.90 Å². The topological polar surface area (TPSA) is 55.6 Å². The van der Waals surface area contributed by atoms with Gasteiger partial charge >= 0.3 is 0 Å². The molecule has 0 bridgehead atoms. The Hall–Kier alpha value is -0.680. The van der Waals surface area contributed by atoms with Crippen molar-refractivity contribution in [2.24, 2.45) is 0 Å². The number of nitrogens with zero attached hydrogens (tertiary/aromatic N) is 2. The van der Waals surface area contributed by atoms with E-state index in [0.717, 1.165) is 6.54 Å². The second-order valence-electron chi connectivity index (χ2n) is 3.02. The van der Waals surface area contributed by atoms with Gasteiger partial charge in [0.2, 0.25) is 6.54 Å². The first kappa shape index (κ1) is 9.41. The van der Waals surface area contributed by atoms with E-state index >= 15 is 0 Å². The summed E-state index contributed by atoms with van der Waals surface area (Å²) in [6, 6.07) is 0.318. The summed E-state index contributed by atoms with van der Waals surface area (Å²) in [4.78, 5) is 11.9. The van der Waals surface area contributed by atoms with Crippen LogP contribution >= 0.6 is 0 Å². The van der Waals surface area contributed by atoms with Crippen LogP contribution in [0.2, 0.25) is 0 Å². The van der Waals surface area contributed by atoms with E-state index in [4.69, 9.17) is 4.74 Å².